The summed E-state index contributed by atoms with van der Waals surface area (Å²) in [7, 11) is 1.63. The maximum Gasteiger partial charge on any atom is 0.298 e. The summed E-state index contributed by atoms with van der Waals surface area (Å²) in [6, 6.07) is 10.1. The van der Waals surface area contributed by atoms with E-state index in [4.69, 9.17) is 25.8 Å². The molecular formula is C18H16ClNO5. The lowest BCUT2D eigenvalue weighted by atomic mass is 10.2. The molecule has 0 spiro atoms. The van der Waals surface area contributed by atoms with Crippen molar-refractivity contribution in [3.05, 3.63) is 52.9 Å². The van der Waals surface area contributed by atoms with Crippen LogP contribution >= 0.6 is 11.6 Å². The first-order valence-corrected chi connectivity index (χ1v) is 7.89. The van der Waals surface area contributed by atoms with Gasteiger partial charge in [0.05, 0.1) is 12.3 Å². The Morgan fingerprint density at radius 2 is 2.12 bits per heavy atom. The molecule has 0 atom stereocenters. The van der Waals surface area contributed by atoms with Crippen molar-refractivity contribution in [3.8, 4) is 17.2 Å². The average molecular weight is 362 g/mol. The molecule has 1 aliphatic heterocycles. The van der Waals surface area contributed by atoms with Gasteiger partial charge in [0, 0.05) is 30.8 Å². The number of rotatable bonds is 6. The van der Waals surface area contributed by atoms with Crippen LogP contribution in [0.1, 0.15) is 5.56 Å². The molecule has 1 heterocycles. The zero-order chi connectivity index (χ0) is 17.8. The number of carbonyl (C=O) groups is 1. The molecule has 3 rings (SSSR count). The third-order valence-corrected chi connectivity index (χ3v) is 3.90. The van der Waals surface area contributed by atoms with Gasteiger partial charge in [-0.1, -0.05) is 17.7 Å². The topological polar surface area (TPSA) is 68.2 Å². The van der Waals surface area contributed by atoms with E-state index in [0.717, 1.165) is 5.69 Å². The summed E-state index contributed by atoms with van der Waals surface area (Å²) in [6.07, 6.45) is 1.78. The van der Waals surface area contributed by atoms with E-state index in [1.807, 2.05) is 11.0 Å². The van der Waals surface area contributed by atoms with Gasteiger partial charge in [-0.05, 0) is 29.8 Å². The molecule has 0 unspecified atom stereocenters. The number of carbonyl (C=O) groups excluding carboxylic acids is 1. The van der Waals surface area contributed by atoms with Crippen molar-refractivity contribution in [2.75, 3.05) is 25.2 Å². The van der Waals surface area contributed by atoms with Gasteiger partial charge in [-0.3, -0.25) is 4.79 Å². The van der Waals surface area contributed by atoms with Gasteiger partial charge >= 0.3 is 0 Å². The zero-order valence-electron chi connectivity index (χ0n) is 13.4. The van der Waals surface area contributed by atoms with E-state index >= 15 is 0 Å². The summed E-state index contributed by atoms with van der Waals surface area (Å²) in [5, 5.41) is 10.3. The smallest absolute Gasteiger partial charge is 0.298 e. The Labute approximate surface area is 149 Å². The highest BCUT2D eigenvalue weighted by atomic mass is 35.5. The van der Waals surface area contributed by atoms with Crippen LogP contribution in [-0.2, 0) is 9.53 Å². The molecule has 2 aromatic carbocycles. The zero-order valence-corrected chi connectivity index (χ0v) is 14.2. The molecule has 1 N–H and O–H groups in total. The summed E-state index contributed by atoms with van der Waals surface area (Å²) in [4.78, 5) is 12.5. The predicted molar refractivity (Wildman–Crippen MR) is 94.1 cm³/mol. The molecule has 0 amide bonds. The molecule has 2 aromatic rings. The fraction of sp³-hybridized carbons (Fsp3) is 0.167. The first-order valence-electron chi connectivity index (χ1n) is 7.51. The Morgan fingerprint density at radius 1 is 1.28 bits per heavy atom. The number of methoxy groups -OCH3 is 1. The van der Waals surface area contributed by atoms with E-state index in [2.05, 4.69) is 0 Å². The van der Waals surface area contributed by atoms with E-state index in [1.165, 1.54) is 6.07 Å². The second kappa shape index (κ2) is 7.46. The number of fused-ring (bicyclic) bond motifs is 1. The van der Waals surface area contributed by atoms with Crippen molar-refractivity contribution in [2.45, 2.75) is 0 Å². The lowest BCUT2D eigenvalue weighted by Gasteiger charge is -2.18. The Morgan fingerprint density at radius 3 is 2.88 bits per heavy atom. The average Bonchev–Trinajstić information content (AvgIpc) is 2.92. The number of hydrogen-bond acceptors (Lipinski definition) is 6. The van der Waals surface area contributed by atoms with E-state index in [9.17, 15) is 9.90 Å². The minimum Gasteiger partial charge on any atom is -0.504 e. The standard InChI is InChI=1S/C18H16ClNO5/c1-23-7-6-20-14-4-3-13(19)10-16(14)25-18(20)9-12-2-5-15(22)17(8-12)24-11-21/h2-5,8-11,22H,6-7H2,1H3/b18-9-. The second-order valence-electron chi connectivity index (χ2n) is 5.28. The van der Waals surface area contributed by atoms with Gasteiger partial charge in [-0.15, -0.1) is 0 Å². The van der Waals surface area contributed by atoms with E-state index in [1.54, 1.807) is 37.5 Å². The fourth-order valence-corrected chi connectivity index (χ4v) is 2.67. The van der Waals surface area contributed by atoms with Gasteiger partial charge in [-0.25, -0.2) is 0 Å². The van der Waals surface area contributed by atoms with Crippen LogP contribution in [0.4, 0.5) is 5.69 Å². The van der Waals surface area contributed by atoms with Crippen LogP contribution < -0.4 is 14.4 Å². The van der Waals surface area contributed by atoms with Gasteiger partial charge < -0.3 is 24.2 Å². The third kappa shape index (κ3) is 3.70. The Hall–Kier alpha value is -2.70. The van der Waals surface area contributed by atoms with E-state index in [0.29, 0.717) is 35.4 Å². The Bertz CT molecular complexity index is 821. The van der Waals surface area contributed by atoms with Crippen LogP contribution in [0.2, 0.25) is 5.02 Å². The van der Waals surface area contributed by atoms with Crippen molar-refractivity contribution in [3.63, 3.8) is 0 Å². The van der Waals surface area contributed by atoms with E-state index in [-0.39, 0.29) is 18.0 Å². The van der Waals surface area contributed by atoms with Crippen molar-refractivity contribution in [2.24, 2.45) is 0 Å². The van der Waals surface area contributed by atoms with Crippen LogP contribution in [0.3, 0.4) is 0 Å². The molecule has 0 saturated heterocycles. The summed E-state index contributed by atoms with van der Waals surface area (Å²) in [5.74, 6) is 1.19. The summed E-state index contributed by atoms with van der Waals surface area (Å²) in [6.45, 7) is 1.37. The molecule has 0 radical (unpaired) electrons. The Balaban J connectivity index is 1.96. The predicted octanol–water partition coefficient (Wildman–Crippen LogP) is 3.42. The van der Waals surface area contributed by atoms with E-state index < -0.39 is 0 Å². The van der Waals surface area contributed by atoms with Gasteiger partial charge in [0.1, 0.15) is 0 Å². The molecular weight excluding hydrogens is 346 g/mol. The Kier molecular flexibility index (Phi) is 5.11. The number of hydrogen-bond donors (Lipinski definition) is 1. The highest BCUT2D eigenvalue weighted by molar-refractivity contribution is 6.30. The third-order valence-electron chi connectivity index (χ3n) is 3.66. The van der Waals surface area contributed by atoms with Crippen molar-refractivity contribution in [1.29, 1.82) is 0 Å². The van der Waals surface area contributed by atoms with Gasteiger partial charge in [0.2, 0.25) is 5.88 Å². The number of benzene rings is 2. The summed E-state index contributed by atoms with van der Waals surface area (Å²) < 4.78 is 15.8. The maximum atomic E-state index is 10.5. The number of aromatic hydroxyl groups is 1. The molecule has 0 aliphatic carbocycles. The molecule has 130 valence electrons. The van der Waals surface area contributed by atoms with Gasteiger partial charge in [0.25, 0.3) is 6.47 Å². The molecule has 0 saturated carbocycles. The second-order valence-corrected chi connectivity index (χ2v) is 5.72. The molecule has 0 aromatic heterocycles. The highest BCUT2D eigenvalue weighted by Crippen LogP contribution is 2.41. The van der Waals surface area contributed by atoms with Crippen LogP contribution in [0.15, 0.2) is 42.3 Å². The minimum absolute atomic E-state index is 0.0753. The van der Waals surface area contributed by atoms with Crippen molar-refractivity contribution >= 4 is 29.8 Å². The monoisotopic (exact) mass is 361 g/mol. The number of halogens is 1. The minimum atomic E-state index is -0.118. The lowest BCUT2D eigenvalue weighted by molar-refractivity contribution is -0.120. The summed E-state index contributed by atoms with van der Waals surface area (Å²) in [5.41, 5.74) is 1.59. The summed E-state index contributed by atoms with van der Waals surface area (Å²) >= 11 is 6.04. The molecule has 1 aliphatic rings. The fourth-order valence-electron chi connectivity index (χ4n) is 2.51. The van der Waals surface area contributed by atoms with Crippen LogP contribution in [0.25, 0.3) is 6.08 Å². The molecule has 0 bridgehead atoms. The lowest BCUT2D eigenvalue weighted by Crippen LogP contribution is -2.24. The van der Waals surface area contributed by atoms with Crippen LogP contribution in [0, 0.1) is 0 Å². The molecule has 6 nitrogen and oxygen atoms in total. The first kappa shape index (κ1) is 17.1. The number of nitrogens with zero attached hydrogens (tertiary/aromatic N) is 1. The largest absolute Gasteiger partial charge is 0.504 e. The van der Waals surface area contributed by atoms with Gasteiger partial charge in [-0.2, -0.15) is 0 Å². The maximum absolute atomic E-state index is 10.5. The van der Waals surface area contributed by atoms with Crippen molar-refractivity contribution < 1.29 is 24.1 Å². The number of phenolic OH excluding ortho intramolecular Hbond substituents is 1. The number of phenols is 1. The SMILES string of the molecule is COCCN1/C(=C/c2ccc(O)c(OC=O)c2)Oc2cc(Cl)ccc21. The van der Waals surface area contributed by atoms with Crippen LogP contribution in [0.5, 0.6) is 17.2 Å². The quantitative estimate of drug-likeness (QED) is 0.795. The normalized spacial score (nSPS) is 14.3. The molecule has 25 heavy (non-hydrogen) atoms. The van der Waals surface area contributed by atoms with Gasteiger partial charge in [0.15, 0.2) is 17.2 Å². The number of anilines is 1. The van der Waals surface area contributed by atoms with Crippen LogP contribution in [-0.4, -0.2) is 31.8 Å². The molecule has 0 fully saturated rings. The number of ether oxygens (including phenoxy) is 3. The first-order chi connectivity index (χ1) is 12.1. The molecule has 7 heteroatoms. The van der Waals surface area contributed by atoms with Crippen molar-refractivity contribution in [1.82, 2.24) is 0 Å². The highest BCUT2D eigenvalue weighted by Gasteiger charge is 2.26.